The molecule has 0 aromatic heterocycles. The first-order valence-electron chi connectivity index (χ1n) is 5.39. The highest BCUT2D eigenvalue weighted by atomic mass is 14.4. The zero-order valence-corrected chi connectivity index (χ0v) is 9.46. The summed E-state index contributed by atoms with van der Waals surface area (Å²) >= 11 is 0. The van der Waals surface area contributed by atoms with Gasteiger partial charge in [-0.25, -0.2) is 0 Å². The van der Waals surface area contributed by atoms with Crippen LogP contribution in [0.2, 0.25) is 0 Å². The van der Waals surface area contributed by atoms with Gasteiger partial charge >= 0.3 is 0 Å². The number of benzene rings is 1. The maximum atomic E-state index is 3.66. The molecule has 1 aromatic rings. The summed E-state index contributed by atoms with van der Waals surface area (Å²) in [6.45, 7) is 9.08. The second-order valence-corrected chi connectivity index (χ2v) is 4.93. The summed E-state index contributed by atoms with van der Waals surface area (Å²) in [5.41, 5.74) is 3.07. The molecule has 2 unspecified atom stereocenters. The Morgan fingerprint density at radius 1 is 1.14 bits per heavy atom. The summed E-state index contributed by atoms with van der Waals surface area (Å²) in [5, 5.41) is 0. The van der Waals surface area contributed by atoms with Gasteiger partial charge in [0, 0.05) is 0 Å². The van der Waals surface area contributed by atoms with Gasteiger partial charge in [-0.05, 0) is 34.8 Å². The quantitative estimate of drug-likeness (QED) is 0.578. The van der Waals surface area contributed by atoms with Crippen molar-refractivity contribution in [3.05, 3.63) is 41.8 Å². The highest BCUT2D eigenvalue weighted by Crippen LogP contribution is 2.44. The number of fused-ring (bicyclic) bond motifs is 1. The zero-order chi connectivity index (χ0) is 10.3. The third-order valence-corrected chi connectivity index (χ3v) is 3.46. The predicted molar refractivity (Wildman–Crippen MR) is 60.3 cm³/mol. The molecule has 0 saturated carbocycles. The van der Waals surface area contributed by atoms with Crippen LogP contribution in [0.1, 0.15) is 44.7 Å². The van der Waals surface area contributed by atoms with Gasteiger partial charge in [0.25, 0.3) is 0 Å². The average Bonchev–Trinajstić information content (AvgIpc) is 2.14. The summed E-state index contributed by atoms with van der Waals surface area (Å²) in [5.74, 6) is 1.17. The van der Waals surface area contributed by atoms with Crippen LogP contribution in [0, 0.1) is 12.3 Å². The lowest BCUT2D eigenvalue weighted by Crippen LogP contribution is -2.31. The van der Waals surface area contributed by atoms with Crippen LogP contribution < -0.4 is 0 Å². The van der Waals surface area contributed by atoms with Crippen molar-refractivity contribution in [2.24, 2.45) is 5.92 Å². The first kappa shape index (κ1) is 9.76. The van der Waals surface area contributed by atoms with Gasteiger partial charge in [0.15, 0.2) is 0 Å². The molecule has 2 radical (unpaired) electrons. The molecule has 0 spiro atoms. The van der Waals surface area contributed by atoms with Gasteiger partial charge in [-0.1, -0.05) is 52.0 Å². The molecule has 0 heteroatoms. The molecule has 0 fully saturated rings. The van der Waals surface area contributed by atoms with Crippen molar-refractivity contribution >= 4 is 0 Å². The van der Waals surface area contributed by atoms with E-state index in [9.17, 15) is 0 Å². The Labute approximate surface area is 87.3 Å². The van der Waals surface area contributed by atoms with Crippen molar-refractivity contribution in [1.82, 2.24) is 0 Å². The summed E-state index contributed by atoms with van der Waals surface area (Å²) in [6, 6.07) is 8.78. The Bertz CT molecular complexity index is 336. The summed E-state index contributed by atoms with van der Waals surface area (Å²) in [4.78, 5) is 0. The molecule has 0 aliphatic heterocycles. The van der Waals surface area contributed by atoms with Gasteiger partial charge in [0.05, 0.1) is 0 Å². The Hall–Kier alpha value is -0.780. The van der Waals surface area contributed by atoms with E-state index in [0.29, 0.717) is 11.8 Å². The lowest BCUT2D eigenvalue weighted by atomic mass is 9.65. The van der Waals surface area contributed by atoms with E-state index in [1.807, 2.05) is 0 Å². The molecule has 14 heavy (non-hydrogen) atoms. The third kappa shape index (κ3) is 1.37. The molecule has 2 rings (SSSR count). The Morgan fingerprint density at radius 2 is 1.79 bits per heavy atom. The highest BCUT2D eigenvalue weighted by Gasteiger charge is 2.35. The standard InChI is InChI=1S/C14H18/c1-10-9-14(3,4)13-8-6-5-7-12(13)11(10)2/h5-8,10-11H,1-4H3. The molecule has 1 aliphatic carbocycles. The van der Waals surface area contributed by atoms with Gasteiger partial charge in [0.1, 0.15) is 0 Å². The Morgan fingerprint density at radius 3 is 2.50 bits per heavy atom. The zero-order valence-electron chi connectivity index (χ0n) is 9.46. The molecule has 0 heterocycles. The van der Waals surface area contributed by atoms with Gasteiger partial charge in [0.2, 0.25) is 0 Å². The van der Waals surface area contributed by atoms with E-state index in [2.05, 4.69) is 58.4 Å². The normalized spacial score (nSPS) is 29.7. The van der Waals surface area contributed by atoms with E-state index in [1.165, 1.54) is 11.1 Å². The highest BCUT2D eigenvalue weighted by molar-refractivity contribution is 5.41. The number of hydrogen-bond donors (Lipinski definition) is 0. The van der Waals surface area contributed by atoms with Gasteiger partial charge in [-0.3, -0.25) is 0 Å². The fourth-order valence-corrected chi connectivity index (χ4v) is 2.50. The monoisotopic (exact) mass is 186 g/mol. The molecule has 0 N–H and O–H groups in total. The lowest BCUT2D eigenvalue weighted by molar-refractivity contribution is 0.416. The first-order chi connectivity index (χ1) is 6.52. The van der Waals surface area contributed by atoms with Crippen LogP contribution in [0.5, 0.6) is 0 Å². The predicted octanol–water partition coefficient (Wildman–Crippen LogP) is 3.80. The van der Waals surface area contributed by atoms with Crippen LogP contribution in [0.15, 0.2) is 24.3 Å². The largest absolute Gasteiger partial charge is 0.0620 e. The van der Waals surface area contributed by atoms with Crippen LogP contribution in [0.4, 0.5) is 0 Å². The van der Waals surface area contributed by atoms with E-state index < -0.39 is 0 Å². The Kier molecular flexibility index (Phi) is 2.17. The molecular weight excluding hydrogens is 168 g/mol. The summed E-state index contributed by atoms with van der Waals surface area (Å²) < 4.78 is 0. The second kappa shape index (κ2) is 3.12. The van der Waals surface area contributed by atoms with Crippen molar-refractivity contribution in [1.29, 1.82) is 0 Å². The number of rotatable bonds is 0. The van der Waals surface area contributed by atoms with Crippen LogP contribution >= 0.6 is 0 Å². The van der Waals surface area contributed by atoms with E-state index in [4.69, 9.17) is 0 Å². The fraction of sp³-hybridized carbons (Fsp3) is 0.500. The first-order valence-corrected chi connectivity index (χ1v) is 5.39. The topological polar surface area (TPSA) is 0 Å². The SMILES string of the molecule is CC1[C]C(C)(C)c2ccccc2C1C. The van der Waals surface area contributed by atoms with E-state index in [-0.39, 0.29) is 5.41 Å². The van der Waals surface area contributed by atoms with Gasteiger partial charge in [-0.2, -0.15) is 0 Å². The molecule has 0 amide bonds. The van der Waals surface area contributed by atoms with Crippen LogP contribution in [0.3, 0.4) is 0 Å². The molecule has 2 atom stereocenters. The van der Waals surface area contributed by atoms with Crippen molar-refractivity contribution in [2.45, 2.75) is 39.0 Å². The maximum Gasteiger partial charge on any atom is -0.00274 e. The molecule has 1 aliphatic rings. The molecule has 1 aromatic carbocycles. The maximum absolute atomic E-state index is 3.66. The molecule has 0 bridgehead atoms. The van der Waals surface area contributed by atoms with Crippen molar-refractivity contribution < 1.29 is 0 Å². The smallest absolute Gasteiger partial charge is 0.00274 e. The summed E-state index contributed by atoms with van der Waals surface area (Å²) in [7, 11) is 0. The molecule has 0 saturated heterocycles. The van der Waals surface area contributed by atoms with E-state index in [1.54, 1.807) is 0 Å². The molecular formula is C14H18. The minimum absolute atomic E-state index is 0.114. The van der Waals surface area contributed by atoms with Crippen molar-refractivity contribution in [2.75, 3.05) is 0 Å². The molecule has 74 valence electrons. The van der Waals surface area contributed by atoms with Crippen LogP contribution in [-0.2, 0) is 5.41 Å². The van der Waals surface area contributed by atoms with E-state index in [0.717, 1.165) is 0 Å². The number of hydrogen-bond acceptors (Lipinski definition) is 0. The minimum atomic E-state index is 0.114. The Balaban J connectivity index is 2.56. The van der Waals surface area contributed by atoms with Crippen LogP contribution in [0.25, 0.3) is 0 Å². The van der Waals surface area contributed by atoms with Gasteiger partial charge in [-0.15, -0.1) is 0 Å². The van der Waals surface area contributed by atoms with E-state index >= 15 is 0 Å². The average molecular weight is 186 g/mol. The van der Waals surface area contributed by atoms with Crippen molar-refractivity contribution in [3.63, 3.8) is 0 Å². The fourth-order valence-electron chi connectivity index (χ4n) is 2.50. The third-order valence-electron chi connectivity index (χ3n) is 3.46. The molecule has 0 nitrogen and oxygen atoms in total. The van der Waals surface area contributed by atoms with Gasteiger partial charge < -0.3 is 0 Å². The second-order valence-electron chi connectivity index (χ2n) is 4.93. The minimum Gasteiger partial charge on any atom is -0.0620 e. The van der Waals surface area contributed by atoms with Crippen LogP contribution in [-0.4, -0.2) is 0 Å². The van der Waals surface area contributed by atoms with Crippen molar-refractivity contribution in [3.8, 4) is 0 Å². The lowest BCUT2D eigenvalue weighted by Gasteiger charge is -2.39. The summed E-state index contributed by atoms with van der Waals surface area (Å²) in [6.07, 6.45) is 3.66.